The normalized spacial score (nSPS) is 22.4. The summed E-state index contributed by atoms with van der Waals surface area (Å²) in [4.78, 5) is 16.5. The number of carbonyl (C=O) groups excluding carboxylic acids is 1. The second-order valence-electron chi connectivity index (χ2n) is 5.53. The van der Waals surface area contributed by atoms with E-state index in [2.05, 4.69) is 38.5 Å². The van der Waals surface area contributed by atoms with Gasteiger partial charge in [0.2, 0.25) is 0 Å². The van der Waals surface area contributed by atoms with Crippen LogP contribution in [0, 0.1) is 11.8 Å². The second-order valence-corrected chi connectivity index (χ2v) is 6.45. The first-order valence-corrected chi connectivity index (χ1v) is 8.02. The highest BCUT2D eigenvalue weighted by molar-refractivity contribution is 9.10. The van der Waals surface area contributed by atoms with Crippen molar-refractivity contribution in [2.24, 2.45) is 11.8 Å². The first-order valence-electron chi connectivity index (χ1n) is 7.23. The summed E-state index contributed by atoms with van der Waals surface area (Å²) in [6.07, 6.45) is 6.79. The Balaban J connectivity index is 1.99. The minimum Gasteiger partial charge on any atom is -0.372 e. The number of anilines is 1. The molecule has 2 atom stereocenters. The monoisotopic (exact) mass is 339 g/mol. The number of nitrogens with one attached hydrogen (secondary N) is 2. The highest BCUT2D eigenvalue weighted by Crippen LogP contribution is 2.29. The average Bonchev–Trinajstić information content (AvgIpc) is 2.46. The molecule has 110 valence electrons. The molecule has 0 saturated heterocycles. The number of rotatable bonds is 4. The molecule has 1 aliphatic rings. The lowest BCUT2D eigenvalue weighted by atomic mass is 9.80. The quantitative estimate of drug-likeness (QED) is 0.883. The second kappa shape index (κ2) is 7.07. The number of hydrogen-bond donors (Lipinski definition) is 2. The molecule has 1 fully saturated rings. The predicted octanol–water partition coefficient (Wildman–Crippen LogP) is 3.44. The van der Waals surface area contributed by atoms with E-state index in [1.54, 1.807) is 19.3 Å². The third kappa shape index (κ3) is 3.72. The third-order valence-corrected chi connectivity index (χ3v) is 4.58. The van der Waals surface area contributed by atoms with Gasteiger partial charge in [0, 0.05) is 24.3 Å². The summed E-state index contributed by atoms with van der Waals surface area (Å²) in [5, 5.41) is 6.02. The van der Waals surface area contributed by atoms with Gasteiger partial charge in [-0.2, -0.15) is 0 Å². The van der Waals surface area contributed by atoms with E-state index >= 15 is 0 Å². The fourth-order valence-electron chi connectivity index (χ4n) is 2.83. The van der Waals surface area contributed by atoms with Crippen LogP contribution < -0.4 is 10.6 Å². The van der Waals surface area contributed by atoms with Crippen molar-refractivity contribution in [2.45, 2.75) is 32.6 Å². The molecule has 2 rings (SSSR count). The molecule has 2 N–H and O–H groups in total. The number of amides is 1. The van der Waals surface area contributed by atoms with Crippen molar-refractivity contribution in [2.75, 3.05) is 18.9 Å². The highest BCUT2D eigenvalue weighted by atomic mass is 79.9. The Bertz CT molecular complexity index is 478. The fourth-order valence-corrected chi connectivity index (χ4v) is 3.16. The molecule has 5 heteroatoms. The maximum Gasteiger partial charge on any atom is 0.255 e. The summed E-state index contributed by atoms with van der Waals surface area (Å²) >= 11 is 3.36. The molecule has 1 aliphatic carbocycles. The van der Waals surface area contributed by atoms with E-state index in [0.29, 0.717) is 23.2 Å². The average molecular weight is 340 g/mol. The molecule has 0 bridgehead atoms. The number of aromatic nitrogens is 1. The van der Waals surface area contributed by atoms with Crippen molar-refractivity contribution >= 4 is 27.7 Å². The van der Waals surface area contributed by atoms with E-state index in [1.807, 2.05) is 0 Å². The summed E-state index contributed by atoms with van der Waals surface area (Å²) in [6, 6.07) is 1.80. The highest BCUT2D eigenvalue weighted by Gasteiger charge is 2.22. The Kier molecular flexibility index (Phi) is 5.40. The zero-order chi connectivity index (χ0) is 14.5. The van der Waals surface area contributed by atoms with Crippen molar-refractivity contribution in [3.63, 3.8) is 0 Å². The molecule has 1 heterocycles. The van der Waals surface area contributed by atoms with Crippen molar-refractivity contribution in [1.82, 2.24) is 10.3 Å². The molecule has 4 nitrogen and oxygen atoms in total. The number of halogens is 1. The van der Waals surface area contributed by atoms with Gasteiger partial charge in [0.1, 0.15) is 5.82 Å². The molecule has 1 aromatic heterocycles. The Morgan fingerprint density at radius 2 is 2.20 bits per heavy atom. The predicted molar refractivity (Wildman–Crippen MR) is 84.9 cm³/mol. The van der Waals surface area contributed by atoms with Gasteiger partial charge < -0.3 is 10.6 Å². The molecule has 1 aromatic rings. The SMILES string of the molecule is CNc1ncc(Br)cc1C(=O)NCC1CCCCC1C. The van der Waals surface area contributed by atoms with E-state index in [0.717, 1.165) is 11.0 Å². The largest absolute Gasteiger partial charge is 0.372 e. The first-order chi connectivity index (χ1) is 9.61. The fraction of sp³-hybridized carbons (Fsp3) is 0.600. The summed E-state index contributed by atoms with van der Waals surface area (Å²) in [6.45, 7) is 3.05. The molecule has 0 aromatic carbocycles. The molecule has 0 aliphatic heterocycles. The van der Waals surface area contributed by atoms with Crippen LogP contribution in [0.3, 0.4) is 0 Å². The van der Waals surface area contributed by atoms with Gasteiger partial charge in [-0.1, -0.05) is 26.2 Å². The van der Waals surface area contributed by atoms with Gasteiger partial charge in [-0.25, -0.2) is 4.98 Å². The Labute approximate surface area is 128 Å². The molecule has 0 spiro atoms. The van der Waals surface area contributed by atoms with Crippen molar-refractivity contribution in [1.29, 1.82) is 0 Å². The van der Waals surface area contributed by atoms with Gasteiger partial charge >= 0.3 is 0 Å². The van der Waals surface area contributed by atoms with Gasteiger partial charge in [0.05, 0.1) is 5.56 Å². The van der Waals surface area contributed by atoms with Crippen LogP contribution >= 0.6 is 15.9 Å². The van der Waals surface area contributed by atoms with Gasteiger partial charge in [-0.05, 0) is 40.3 Å². The van der Waals surface area contributed by atoms with Crippen LogP contribution in [0.1, 0.15) is 43.0 Å². The molecule has 1 amide bonds. The zero-order valence-electron chi connectivity index (χ0n) is 12.1. The smallest absolute Gasteiger partial charge is 0.255 e. The van der Waals surface area contributed by atoms with E-state index in [4.69, 9.17) is 0 Å². The standard InChI is InChI=1S/C15H22BrN3O/c1-10-5-3-4-6-11(10)8-19-15(20)13-7-12(16)9-18-14(13)17-2/h7,9-11H,3-6,8H2,1-2H3,(H,17,18)(H,19,20). The number of nitrogens with zero attached hydrogens (tertiary/aromatic N) is 1. The summed E-state index contributed by atoms with van der Waals surface area (Å²) < 4.78 is 0.813. The van der Waals surface area contributed by atoms with Crippen LogP contribution in [0.4, 0.5) is 5.82 Å². The van der Waals surface area contributed by atoms with Crippen LogP contribution in [0.2, 0.25) is 0 Å². The maximum absolute atomic E-state index is 12.3. The number of carbonyl (C=O) groups is 1. The summed E-state index contributed by atoms with van der Waals surface area (Å²) in [5.41, 5.74) is 0.588. The molecule has 0 radical (unpaired) electrons. The molecule has 20 heavy (non-hydrogen) atoms. The van der Waals surface area contributed by atoms with Crippen LogP contribution in [-0.2, 0) is 0 Å². The summed E-state index contributed by atoms with van der Waals surface area (Å²) in [5.74, 6) is 1.86. The lowest BCUT2D eigenvalue weighted by Crippen LogP contribution is -2.33. The molecule has 1 saturated carbocycles. The van der Waals surface area contributed by atoms with Crippen LogP contribution in [0.25, 0.3) is 0 Å². The molecular weight excluding hydrogens is 318 g/mol. The van der Waals surface area contributed by atoms with E-state index < -0.39 is 0 Å². The van der Waals surface area contributed by atoms with Crippen LogP contribution in [0.15, 0.2) is 16.7 Å². The minimum absolute atomic E-state index is 0.0547. The van der Waals surface area contributed by atoms with E-state index in [1.165, 1.54) is 25.7 Å². The van der Waals surface area contributed by atoms with Gasteiger partial charge in [-0.15, -0.1) is 0 Å². The van der Waals surface area contributed by atoms with Crippen molar-refractivity contribution in [3.05, 3.63) is 22.3 Å². The van der Waals surface area contributed by atoms with E-state index in [9.17, 15) is 4.79 Å². The Morgan fingerprint density at radius 3 is 2.90 bits per heavy atom. The number of hydrogen-bond acceptors (Lipinski definition) is 3. The third-order valence-electron chi connectivity index (χ3n) is 4.15. The number of pyridine rings is 1. The van der Waals surface area contributed by atoms with E-state index in [-0.39, 0.29) is 5.91 Å². The van der Waals surface area contributed by atoms with Gasteiger partial charge in [0.25, 0.3) is 5.91 Å². The zero-order valence-corrected chi connectivity index (χ0v) is 13.7. The van der Waals surface area contributed by atoms with Gasteiger partial charge in [-0.3, -0.25) is 4.79 Å². The van der Waals surface area contributed by atoms with Crippen molar-refractivity contribution < 1.29 is 4.79 Å². The van der Waals surface area contributed by atoms with Crippen LogP contribution in [0.5, 0.6) is 0 Å². The topological polar surface area (TPSA) is 54.0 Å². The molecule has 2 unspecified atom stereocenters. The minimum atomic E-state index is -0.0547. The Morgan fingerprint density at radius 1 is 1.45 bits per heavy atom. The van der Waals surface area contributed by atoms with Crippen LogP contribution in [-0.4, -0.2) is 24.5 Å². The lowest BCUT2D eigenvalue weighted by Gasteiger charge is -2.28. The Hall–Kier alpha value is -1.10. The van der Waals surface area contributed by atoms with Crippen molar-refractivity contribution in [3.8, 4) is 0 Å². The lowest BCUT2D eigenvalue weighted by molar-refractivity contribution is 0.0937. The molecular formula is C15H22BrN3O. The first kappa shape index (κ1) is 15.3. The summed E-state index contributed by atoms with van der Waals surface area (Å²) in [7, 11) is 1.77. The maximum atomic E-state index is 12.3. The van der Waals surface area contributed by atoms with Gasteiger partial charge in [0.15, 0.2) is 0 Å².